The molecule has 0 saturated heterocycles. The van der Waals surface area contributed by atoms with Gasteiger partial charge >= 0.3 is 23.9 Å². The van der Waals surface area contributed by atoms with Gasteiger partial charge in [0.2, 0.25) is 0 Å². The standard InChI is InChI=1S/C28H26O8/c1-5-25(29)33-15-19-9-11-23(21(13-19)17-35-27(31)7-3)24-12-10-20(16-34-26(30)6-2)14-22(24)18-36-28(32)8-4/h5-14H,1-4,15-18H2. The number of carbonyl (C=O) groups is 4. The zero-order valence-corrected chi connectivity index (χ0v) is 19.7. The average molecular weight is 491 g/mol. The van der Waals surface area contributed by atoms with E-state index in [4.69, 9.17) is 18.9 Å². The number of rotatable bonds is 13. The third-order valence-corrected chi connectivity index (χ3v) is 4.80. The van der Waals surface area contributed by atoms with Crippen LogP contribution in [0.5, 0.6) is 0 Å². The van der Waals surface area contributed by atoms with E-state index in [1.165, 1.54) is 0 Å². The summed E-state index contributed by atoms with van der Waals surface area (Å²) < 4.78 is 20.7. The Bertz CT molecular complexity index is 1100. The molecule has 0 N–H and O–H groups in total. The number of carbonyl (C=O) groups excluding carboxylic acids is 4. The zero-order valence-electron chi connectivity index (χ0n) is 19.7. The lowest BCUT2D eigenvalue weighted by molar-refractivity contribution is -0.140. The van der Waals surface area contributed by atoms with Gasteiger partial charge in [0.25, 0.3) is 0 Å². The third-order valence-electron chi connectivity index (χ3n) is 4.80. The van der Waals surface area contributed by atoms with Crippen molar-refractivity contribution in [3.8, 4) is 11.1 Å². The Morgan fingerprint density at radius 3 is 1.14 bits per heavy atom. The maximum Gasteiger partial charge on any atom is 0.330 e. The summed E-state index contributed by atoms with van der Waals surface area (Å²) in [5, 5.41) is 0. The molecule has 0 spiro atoms. The van der Waals surface area contributed by atoms with Crippen LogP contribution in [0, 0.1) is 0 Å². The van der Waals surface area contributed by atoms with Crippen molar-refractivity contribution in [3.05, 3.63) is 109 Å². The van der Waals surface area contributed by atoms with Gasteiger partial charge in [-0.2, -0.15) is 0 Å². The first-order valence-corrected chi connectivity index (χ1v) is 10.7. The van der Waals surface area contributed by atoms with Crippen molar-refractivity contribution in [2.24, 2.45) is 0 Å². The van der Waals surface area contributed by atoms with Crippen LogP contribution in [0.2, 0.25) is 0 Å². The molecule has 0 aliphatic heterocycles. The molecule has 0 fully saturated rings. The Hall–Kier alpha value is -4.72. The van der Waals surface area contributed by atoms with E-state index in [0.29, 0.717) is 33.4 Å². The van der Waals surface area contributed by atoms with Gasteiger partial charge in [-0.25, -0.2) is 19.2 Å². The molecule has 0 saturated carbocycles. The minimum Gasteiger partial charge on any atom is -0.458 e. The van der Waals surface area contributed by atoms with E-state index in [1.54, 1.807) is 36.4 Å². The van der Waals surface area contributed by atoms with Gasteiger partial charge in [-0.15, -0.1) is 0 Å². The van der Waals surface area contributed by atoms with Gasteiger partial charge in [0, 0.05) is 24.3 Å². The molecule has 8 heteroatoms. The highest BCUT2D eigenvalue weighted by Crippen LogP contribution is 2.31. The number of benzene rings is 2. The first-order valence-electron chi connectivity index (χ1n) is 10.7. The van der Waals surface area contributed by atoms with Crippen molar-refractivity contribution in [1.29, 1.82) is 0 Å². The highest BCUT2D eigenvalue weighted by atomic mass is 16.5. The second-order valence-electron chi connectivity index (χ2n) is 7.23. The van der Waals surface area contributed by atoms with Gasteiger partial charge in [-0.3, -0.25) is 0 Å². The summed E-state index contributed by atoms with van der Waals surface area (Å²) in [6, 6.07) is 10.5. The fourth-order valence-corrected chi connectivity index (χ4v) is 3.08. The number of hydrogen-bond donors (Lipinski definition) is 0. The Morgan fingerprint density at radius 1 is 0.528 bits per heavy atom. The number of esters is 4. The molecule has 0 amide bonds. The first-order chi connectivity index (χ1) is 17.3. The van der Waals surface area contributed by atoms with Gasteiger partial charge < -0.3 is 18.9 Å². The van der Waals surface area contributed by atoms with Crippen LogP contribution in [0.15, 0.2) is 87.0 Å². The minimum atomic E-state index is -0.607. The SMILES string of the molecule is C=CC(=O)OCc1ccc(-c2ccc(COC(=O)C=C)cc2COC(=O)C=C)c(COC(=O)C=C)c1. The highest BCUT2D eigenvalue weighted by Gasteiger charge is 2.15. The topological polar surface area (TPSA) is 105 Å². The average Bonchev–Trinajstić information content (AvgIpc) is 2.91. The largest absolute Gasteiger partial charge is 0.458 e. The van der Waals surface area contributed by atoms with Crippen LogP contribution in [-0.4, -0.2) is 23.9 Å². The Kier molecular flexibility index (Phi) is 10.6. The van der Waals surface area contributed by atoms with Gasteiger partial charge in [-0.05, 0) is 45.5 Å². The summed E-state index contributed by atoms with van der Waals surface area (Å²) in [7, 11) is 0. The molecule has 0 aliphatic rings. The maximum atomic E-state index is 11.7. The van der Waals surface area contributed by atoms with Crippen LogP contribution >= 0.6 is 0 Å². The molecular formula is C28H26O8. The zero-order chi connectivity index (χ0) is 26.5. The quantitative estimate of drug-likeness (QED) is 0.233. The molecule has 0 unspecified atom stereocenters. The van der Waals surface area contributed by atoms with Crippen molar-refractivity contribution in [2.75, 3.05) is 0 Å². The maximum absolute atomic E-state index is 11.7. The number of hydrogen-bond acceptors (Lipinski definition) is 8. The van der Waals surface area contributed by atoms with Crippen molar-refractivity contribution < 1.29 is 38.1 Å². The molecule has 2 rings (SSSR count). The van der Waals surface area contributed by atoms with Crippen LogP contribution in [0.25, 0.3) is 11.1 Å². The van der Waals surface area contributed by atoms with Crippen molar-refractivity contribution in [3.63, 3.8) is 0 Å². The monoisotopic (exact) mass is 490 g/mol. The summed E-state index contributed by atoms with van der Waals surface area (Å²) in [4.78, 5) is 46.3. The molecular weight excluding hydrogens is 464 g/mol. The Morgan fingerprint density at radius 2 is 0.833 bits per heavy atom. The van der Waals surface area contributed by atoms with E-state index in [2.05, 4.69) is 26.3 Å². The third kappa shape index (κ3) is 8.25. The van der Waals surface area contributed by atoms with Crippen molar-refractivity contribution in [1.82, 2.24) is 0 Å². The molecule has 2 aromatic carbocycles. The van der Waals surface area contributed by atoms with Gasteiger partial charge in [0.05, 0.1) is 0 Å². The highest BCUT2D eigenvalue weighted by molar-refractivity contribution is 5.83. The summed E-state index contributed by atoms with van der Waals surface area (Å²) in [6.45, 7) is 13.3. The fraction of sp³-hybridized carbons (Fsp3) is 0.143. The molecule has 0 aliphatic carbocycles. The van der Waals surface area contributed by atoms with Gasteiger partial charge in [-0.1, -0.05) is 50.6 Å². The second-order valence-corrected chi connectivity index (χ2v) is 7.23. The van der Waals surface area contributed by atoms with Gasteiger partial charge in [0.15, 0.2) is 0 Å². The Labute approximate surface area is 209 Å². The van der Waals surface area contributed by atoms with E-state index >= 15 is 0 Å². The predicted octanol–water partition coefficient (Wildman–Crippen LogP) is 4.27. The molecule has 0 atom stereocenters. The first kappa shape index (κ1) is 27.5. The van der Waals surface area contributed by atoms with Crippen molar-refractivity contribution >= 4 is 23.9 Å². The smallest absolute Gasteiger partial charge is 0.330 e. The summed E-state index contributed by atoms with van der Waals surface area (Å²) >= 11 is 0. The molecule has 36 heavy (non-hydrogen) atoms. The Balaban J connectivity index is 2.50. The van der Waals surface area contributed by atoms with Crippen LogP contribution in [0.3, 0.4) is 0 Å². The molecule has 0 aromatic heterocycles. The fourth-order valence-electron chi connectivity index (χ4n) is 3.08. The minimum absolute atomic E-state index is 0.00898. The molecule has 186 valence electrons. The molecule has 0 radical (unpaired) electrons. The van der Waals surface area contributed by atoms with E-state index in [1.807, 2.05) is 0 Å². The van der Waals surface area contributed by atoms with E-state index in [-0.39, 0.29) is 26.4 Å². The normalized spacial score (nSPS) is 9.89. The summed E-state index contributed by atoms with van der Waals surface area (Å²) in [6.07, 6.45) is 4.22. The van der Waals surface area contributed by atoms with Crippen LogP contribution in [0.4, 0.5) is 0 Å². The summed E-state index contributed by atoms with van der Waals surface area (Å²) in [5.74, 6) is -2.36. The molecule has 0 bridgehead atoms. The lowest BCUT2D eigenvalue weighted by atomic mass is 9.93. The summed E-state index contributed by atoms with van der Waals surface area (Å²) in [5.41, 5.74) is 3.91. The molecule has 0 heterocycles. The van der Waals surface area contributed by atoms with E-state index in [0.717, 1.165) is 24.3 Å². The van der Waals surface area contributed by atoms with Crippen LogP contribution in [0.1, 0.15) is 22.3 Å². The van der Waals surface area contributed by atoms with Gasteiger partial charge in [0.1, 0.15) is 26.4 Å². The predicted molar refractivity (Wildman–Crippen MR) is 132 cm³/mol. The van der Waals surface area contributed by atoms with E-state index < -0.39 is 23.9 Å². The van der Waals surface area contributed by atoms with Crippen LogP contribution < -0.4 is 0 Å². The van der Waals surface area contributed by atoms with Crippen molar-refractivity contribution in [2.45, 2.75) is 26.4 Å². The molecule has 8 nitrogen and oxygen atoms in total. The lowest BCUT2D eigenvalue weighted by Crippen LogP contribution is -2.07. The van der Waals surface area contributed by atoms with E-state index in [9.17, 15) is 19.2 Å². The second kappa shape index (κ2) is 13.9. The van der Waals surface area contributed by atoms with Crippen LogP contribution in [-0.2, 0) is 64.6 Å². The molecule has 2 aromatic rings. The lowest BCUT2D eigenvalue weighted by Gasteiger charge is -2.17. The number of ether oxygens (including phenoxy) is 4.